The summed E-state index contributed by atoms with van der Waals surface area (Å²) in [5.41, 5.74) is 1.35. The maximum absolute atomic E-state index is 5.98. The SMILES string of the molecule is CCNC(CCN1CCCSCC1)c1ccc(Cl)cc1. The van der Waals surface area contributed by atoms with Crippen LogP contribution in [0.15, 0.2) is 24.3 Å². The summed E-state index contributed by atoms with van der Waals surface area (Å²) in [6.45, 7) is 6.85. The zero-order valence-corrected chi connectivity index (χ0v) is 13.8. The van der Waals surface area contributed by atoms with E-state index in [1.807, 2.05) is 12.1 Å². The lowest BCUT2D eigenvalue weighted by Gasteiger charge is -2.24. The fourth-order valence-electron chi connectivity index (χ4n) is 2.66. The van der Waals surface area contributed by atoms with Gasteiger partial charge < -0.3 is 10.2 Å². The molecule has 2 nitrogen and oxygen atoms in total. The standard InChI is InChI=1S/C16H25ClN2S/c1-2-18-16(14-4-6-15(17)7-5-14)8-10-19-9-3-12-20-13-11-19/h4-7,16,18H,2-3,8-13H2,1H3. The van der Waals surface area contributed by atoms with E-state index in [1.165, 1.54) is 49.5 Å². The Balaban J connectivity index is 1.89. The van der Waals surface area contributed by atoms with Gasteiger partial charge in [0, 0.05) is 23.4 Å². The number of nitrogens with one attached hydrogen (secondary N) is 1. The second-order valence-corrected chi connectivity index (χ2v) is 6.92. The van der Waals surface area contributed by atoms with Crippen molar-refractivity contribution in [1.82, 2.24) is 10.2 Å². The second-order valence-electron chi connectivity index (χ2n) is 5.26. The Morgan fingerprint density at radius 1 is 1.25 bits per heavy atom. The summed E-state index contributed by atoms with van der Waals surface area (Å²) < 4.78 is 0. The highest BCUT2D eigenvalue weighted by atomic mass is 35.5. The molecule has 1 saturated heterocycles. The summed E-state index contributed by atoms with van der Waals surface area (Å²) in [6, 6.07) is 8.71. The van der Waals surface area contributed by atoms with Crippen molar-refractivity contribution in [2.75, 3.05) is 37.7 Å². The Morgan fingerprint density at radius 3 is 2.80 bits per heavy atom. The van der Waals surface area contributed by atoms with Gasteiger partial charge >= 0.3 is 0 Å². The van der Waals surface area contributed by atoms with Crippen molar-refractivity contribution in [3.63, 3.8) is 0 Å². The molecule has 0 amide bonds. The molecule has 0 bridgehead atoms. The minimum absolute atomic E-state index is 0.438. The van der Waals surface area contributed by atoms with Crippen molar-refractivity contribution in [3.05, 3.63) is 34.9 Å². The molecule has 1 aromatic rings. The summed E-state index contributed by atoms with van der Waals surface area (Å²) in [6.07, 6.45) is 2.50. The first kappa shape index (κ1) is 16.2. The summed E-state index contributed by atoms with van der Waals surface area (Å²) in [5.74, 6) is 2.61. The summed E-state index contributed by atoms with van der Waals surface area (Å²) in [7, 11) is 0. The van der Waals surface area contributed by atoms with E-state index in [0.29, 0.717) is 6.04 Å². The van der Waals surface area contributed by atoms with Gasteiger partial charge in [-0.3, -0.25) is 0 Å². The maximum atomic E-state index is 5.98. The third kappa shape index (κ3) is 5.28. The molecule has 1 aromatic carbocycles. The molecule has 0 aromatic heterocycles. The topological polar surface area (TPSA) is 15.3 Å². The van der Waals surface area contributed by atoms with Crippen molar-refractivity contribution in [2.24, 2.45) is 0 Å². The highest BCUT2D eigenvalue weighted by Gasteiger charge is 2.14. The van der Waals surface area contributed by atoms with E-state index in [9.17, 15) is 0 Å². The van der Waals surface area contributed by atoms with Gasteiger partial charge in [0.25, 0.3) is 0 Å². The van der Waals surface area contributed by atoms with Gasteiger partial charge in [-0.15, -0.1) is 0 Å². The molecular weight excluding hydrogens is 288 g/mol. The van der Waals surface area contributed by atoms with Crippen LogP contribution in [0.3, 0.4) is 0 Å². The molecule has 1 N–H and O–H groups in total. The Morgan fingerprint density at radius 2 is 2.05 bits per heavy atom. The van der Waals surface area contributed by atoms with Crippen LogP contribution < -0.4 is 5.32 Å². The van der Waals surface area contributed by atoms with Crippen molar-refractivity contribution >= 4 is 23.4 Å². The van der Waals surface area contributed by atoms with Crippen LogP contribution in [0.1, 0.15) is 31.4 Å². The summed E-state index contributed by atoms with van der Waals surface area (Å²) in [5, 5.41) is 4.41. The number of nitrogens with zero attached hydrogens (tertiary/aromatic N) is 1. The predicted octanol–water partition coefficient (Wildman–Crippen LogP) is 3.82. The molecule has 2 rings (SSSR count). The summed E-state index contributed by atoms with van der Waals surface area (Å²) in [4.78, 5) is 2.61. The van der Waals surface area contributed by atoms with Gasteiger partial charge in [0.1, 0.15) is 0 Å². The van der Waals surface area contributed by atoms with E-state index in [4.69, 9.17) is 11.6 Å². The van der Waals surface area contributed by atoms with Crippen LogP contribution in [0.25, 0.3) is 0 Å². The van der Waals surface area contributed by atoms with Crippen molar-refractivity contribution < 1.29 is 0 Å². The number of benzene rings is 1. The third-order valence-electron chi connectivity index (χ3n) is 3.77. The maximum Gasteiger partial charge on any atom is 0.0406 e. The molecule has 0 spiro atoms. The van der Waals surface area contributed by atoms with Crippen LogP contribution in [0.2, 0.25) is 5.02 Å². The Bertz CT molecular complexity index is 375. The predicted molar refractivity (Wildman–Crippen MR) is 90.9 cm³/mol. The number of rotatable bonds is 6. The van der Waals surface area contributed by atoms with Crippen LogP contribution in [0, 0.1) is 0 Å². The Labute approximate surface area is 132 Å². The summed E-state index contributed by atoms with van der Waals surface area (Å²) >= 11 is 8.07. The van der Waals surface area contributed by atoms with E-state index in [1.54, 1.807) is 0 Å². The molecule has 1 aliphatic heterocycles. The molecule has 0 saturated carbocycles. The van der Waals surface area contributed by atoms with Crippen LogP contribution in [0.4, 0.5) is 0 Å². The molecule has 0 aliphatic carbocycles. The Hall–Kier alpha value is -0.220. The molecule has 1 unspecified atom stereocenters. The molecule has 112 valence electrons. The zero-order valence-electron chi connectivity index (χ0n) is 12.3. The quantitative estimate of drug-likeness (QED) is 0.859. The van der Waals surface area contributed by atoms with Crippen LogP contribution in [-0.2, 0) is 0 Å². The first-order chi connectivity index (χ1) is 9.79. The van der Waals surface area contributed by atoms with Crippen LogP contribution in [0.5, 0.6) is 0 Å². The lowest BCUT2D eigenvalue weighted by atomic mass is 10.0. The molecule has 1 atom stereocenters. The van der Waals surface area contributed by atoms with Gasteiger partial charge in [-0.25, -0.2) is 0 Å². The van der Waals surface area contributed by atoms with E-state index in [-0.39, 0.29) is 0 Å². The lowest BCUT2D eigenvalue weighted by molar-refractivity contribution is 0.275. The number of hydrogen-bond acceptors (Lipinski definition) is 3. The highest BCUT2D eigenvalue weighted by Crippen LogP contribution is 2.20. The third-order valence-corrected chi connectivity index (χ3v) is 5.07. The van der Waals surface area contributed by atoms with Gasteiger partial charge in [0.05, 0.1) is 0 Å². The average molecular weight is 313 g/mol. The molecule has 1 aliphatic rings. The highest BCUT2D eigenvalue weighted by molar-refractivity contribution is 7.99. The van der Waals surface area contributed by atoms with Crippen LogP contribution >= 0.6 is 23.4 Å². The number of thioether (sulfide) groups is 1. The van der Waals surface area contributed by atoms with E-state index in [2.05, 4.69) is 41.0 Å². The molecular formula is C16H25ClN2S. The van der Waals surface area contributed by atoms with Gasteiger partial charge in [0.15, 0.2) is 0 Å². The van der Waals surface area contributed by atoms with Gasteiger partial charge in [0.2, 0.25) is 0 Å². The van der Waals surface area contributed by atoms with E-state index >= 15 is 0 Å². The minimum Gasteiger partial charge on any atom is -0.310 e. The molecule has 4 heteroatoms. The normalized spacial score (nSPS) is 18.7. The largest absolute Gasteiger partial charge is 0.310 e. The van der Waals surface area contributed by atoms with Crippen molar-refractivity contribution in [3.8, 4) is 0 Å². The lowest BCUT2D eigenvalue weighted by Crippen LogP contribution is -2.31. The second kappa shape index (κ2) is 8.93. The van der Waals surface area contributed by atoms with Gasteiger partial charge in [-0.05, 0) is 55.9 Å². The van der Waals surface area contributed by atoms with Crippen molar-refractivity contribution in [1.29, 1.82) is 0 Å². The fraction of sp³-hybridized carbons (Fsp3) is 0.625. The average Bonchev–Trinajstić information content (AvgIpc) is 2.73. The molecule has 1 fully saturated rings. The number of hydrogen-bond donors (Lipinski definition) is 1. The molecule has 1 heterocycles. The smallest absolute Gasteiger partial charge is 0.0406 e. The fourth-order valence-corrected chi connectivity index (χ4v) is 3.71. The monoisotopic (exact) mass is 312 g/mol. The van der Waals surface area contributed by atoms with E-state index in [0.717, 1.165) is 11.6 Å². The number of halogens is 1. The van der Waals surface area contributed by atoms with Crippen LogP contribution in [-0.4, -0.2) is 42.6 Å². The Kier molecular flexibility index (Phi) is 7.22. The van der Waals surface area contributed by atoms with Crippen molar-refractivity contribution in [2.45, 2.75) is 25.8 Å². The van der Waals surface area contributed by atoms with Gasteiger partial charge in [-0.1, -0.05) is 30.7 Å². The van der Waals surface area contributed by atoms with E-state index < -0.39 is 0 Å². The molecule has 20 heavy (non-hydrogen) atoms. The molecule has 0 radical (unpaired) electrons. The zero-order chi connectivity index (χ0) is 14.2. The minimum atomic E-state index is 0.438. The first-order valence-corrected chi connectivity index (χ1v) is 9.12. The van der Waals surface area contributed by atoms with Gasteiger partial charge in [-0.2, -0.15) is 11.8 Å². The first-order valence-electron chi connectivity index (χ1n) is 7.58.